The maximum absolute atomic E-state index is 5.98. The summed E-state index contributed by atoms with van der Waals surface area (Å²) in [6.45, 7) is 9.41. The average Bonchev–Trinajstić information content (AvgIpc) is 2.78. The molecule has 1 saturated heterocycles. The molecule has 0 radical (unpaired) electrons. The molecule has 4 nitrogen and oxygen atoms in total. The fraction of sp³-hybridized carbons (Fsp3) is 0.714. The average molecular weight is 280 g/mol. The first kappa shape index (κ1) is 14.4. The molecule has 106 valence electrons. The summed E-state index contributed by atoms with van der Waals surface area (Å²) in [5.41, 5.74) is 6.93. The molecule has 1 aromatic rings. The highest BCUT2D eigenvalue weighted by Gasteiger charge is 2.29. The van der Waals surface area contributed by atoms with E-state index in [-0.39, 0.29) is 0 Å². The van der Waals surface area contributed by atoms with Crippen LogP contribution in [0.25, 0.3) is 0 Å². The Morgan fingerprint density at radius 1 is 1.42 bits per heavy atom. The van der Waals surface area contributed by atoms with Gasteiger partial charge in [0.15, 0.2) is 0 Å². The molecule has 0 bridgehead atoms. The van der Waals surface area contributed by atoms with Gasteiger partial charge in [0.1, 0.15) is 17.5 Å². The third-order valence-corrected chi connectivity index (χ3v) is 5.19. The van der Waals surface area contributed by atoms with E-state index < -0.39 is 0 Å². The Balaban J connectivity index is 2.15. The van der Waals surface area contributed by atoms with Crippen LogP contribution in [-0.4, -0.2) is 27.0 Å². The molecule has 1 aliphatic rings. The van der Waals surface area contributed by atoms with Gasteiger partial charge in [-0.2, -0.15) is 11.8 Å². The number of nitrogen functional groups attached to an aromatic ring is 1. The molecule has 3 N–H and O–H groups in total. The molecule has 5 heteroatoms. The third-order valence-electron chi connectivity index (χ3n) is 3.65. The lowest BCUT2D eigenvalue weighted by atomic mass is 10.1. The lowest BCUT2D eigenvalue weighted by molar-refractivity contribution is 0.632. The van der Waals surface area contributed by atoms with Crippen LogP contribution in [0, 0.1) is 6.92 Å². The smallest absolute Gasteiger partial charge is 0.135 e. The first-order valence-corrected chi connectivity index (χ1v) is 7.92. The number of nitrogens with two attached hydrogens (primary N) is 1. The van der Waals surface area contributed by atoms with Gasteiger partial charge >= 0.3 is 0 Å². The van der Waals surface area contributed by atoms with E-state index in [2.05, 4.69) is 36.1 Å². The standard InChI is InChI=1S/C14H24N4S/c1-9(2)12-17-11(15)10(3)13(18-12)16-8-14(4)6-5-7-19-14/h9H,5-8H2,1-4H3,(H3,15,16,17,18). The summed E-state index contributed by atoms with van der Waals surface area (Å²) in [5, 5.41) is 3.48. The maximum atomic E-state index is 5.98. The van der Waals surface area contributed by atoms with Crippen molar-refractivity contribution < 1.29 is 0 Å². The molecule has 0 spiro atoms. The first-order valence-electron chi connectivity index (χ1n) is 6.93. The Kier molecular flexibility index (Phi) is 4.23. The lowest BCUT2D eigenvalue weighted by Gasteiger charge is -2.24. The molecule has 1 unspecified atom stereocenters. The number of hydrogen-bond acceptors (Lipinski definition) is 5. The van der Waals surface area contributed by atoms with Crippen LogP contribution < -0.4 is 11.1 Å². The van der Waals surface area contributed by atoms with Gasteiger partial charge in [0.25, 0.3) is 0 Å². The van der Waals surface area contributed by atoms with E-state index in [0.717, 1.165) is 23.8 Å². The third kappa shape index (κ3) is 3.32. The minimum Gasteiger partial charge on any atom is -0.383 e. The van der Waals surface area contributed by atoms with Crippen molar-refractivity contribution in [3.05, 3.63) is 11.4 Å². The molecule has 0 aliphatic carbocycles. The summed E-state index contributed by atoms with van der Waals surface area (Å²) in [6, 6.07) is 0. The SMILES string of the molecule is Cc1c(N)nc(C(C)C)nc1NCC1(C)CCCS1. The Hall–Kier alpha value is -0.970. The largest absolute Gasteiger partial charge is 0.383 e. The maximum Gasteiger partial charge on any atom is 0.135 e. The van der Waals surface area contributed by atoms with E-state index in [1.165, 1.54) is 18.6 Å². The summed E-state index contributed by atoms with van der Waals surface area (Å²) in [6.07, 6.45) is 2.58. The second-order valence-electron chi connectivity index (χ2n) is 5.85. The van der Waals surface area contributed by atoms with Crippen molar-refractivity contribution in [1.29, 1.82) is 0 Å². The van der Waals surface area contributed by atoms with E-state index in [1.54, 1.807) is 0 Å². The van der Waals surface area contributed by atoms with Crippen molar-refractivity contribution in [3.63, 3.8) is 0 Å². The fourth-order valence-corrected chi connectivity index (χ4v) is 3.47. The minimum atomic E-state index is 0.292. The van der Waals surface area contributed by atoms with E-state index in [1.807, 2.05) is 18.7 Å². The molecule has 2 heterocycles. The number of nitrogens with zero attached hydrogens (tertiary/aromatic N) is 2. The normalized spacial score (nSPS) is 23.0. The fourth-order valence-electron chi connectivity index (χ4n) is 2.23. The van der Waals surface area contributed by atoms with E-state index in [0.29, 0.717) is 16.5 Å². The topological polar surface area (TPSA) is 63.8 Å². The Bertz CT molecular complexity index is 453. The van der Waals surface area contributed by atoms with Gasteiger partial charge in [0.2, 0.25) is 0 Å². The van der Waals surface area contributed by atoms with Crippen LogP contribution in [0.2, 0.25) is 0 Å². The van der Waals surface area contributed by atoms with Crippen molar-refractivity contribution in [1.82, 2.24) is 9.97 Å². The van der Waals surface area contributed by atoms with Crippen LogP contribution in [0.4, 0.5) is 11.6 Å². The van der Waals surface area contributed by atoms with Crippen molar-refractivity contribution in [3.8, 4) is 0 Å². The molecular formula is C14H24N4S. The second kappa shape index (κ2) is 5.57. The molecule has 1 fully saturated rings. The zero-order valence-electron chi connectivity index (χ0n) is 12.3. The lowest BCUT2D eigenvalue weighted by Crippen LogP contribution is -2.28. The van der Waals surface area contributed by atoms with Gasteiger partial charge in [0.05, 0.1) is 0 Å². The Morgan fingerprint density at radius 3 is 2.74 bits per heavy atom. The molecule has 1 aliphatic heterocycles. The predicted molar refractivity (Wildman–Crippen MR) is 83.9 cm³/mol. The molecule has 0 aromatic carbocycles. The highest BCUT2D eigenvalue weighted by atomic mass is 32.2. The van der Waals surface area contributed by atoms with Crippen LogP contribution in [0.15, 0.2) is 0 Å². The molecule has 0 amide bonds. The first-order chi connectivity index (χ1) is 8.91. The Labute approximate surface area is 120 Å². The number of hydrogen-bond donors (Lipinski definition) is 2. The van der Waals surface area contributed by atoms with E-state index in [4.69, 9.17) is 5.73 Å². The van der Waals surface area contributed by atoms with Crippen LogP contribution in [0.5, 0.6) is 0 Å². The zero-order chi connectivity index (χ0) is 14.0. The molecule has 1 aromatic heterocycles. The summed E-state index contributed by atoms with van der Waals surface area (Å²) < 4.78 is 0.324. The zero-order valence-corrected chi connectivity index (χ0v) is 13.1. The van der Waals surface area contributed by atoms with Crippen molar-refractivity contribution >= 4 is 23.4 Å². The van der Waals surface area contributed by atoms with Gasteiger partial charge in [-0.05, 0) is 32.4 Å². The monoisotopic (exact) mass is 280 g/mol. The predicted octanol–water partition coefficient (Wildman–Crippen LogP) is 3.19. The number of rotatable bonds is 4. The number of aromatic nitrogens is 2. The van der Waals surface area contributed by atoms with Crippen LogP contribution in [-0.2, 0) is 0 Å². The highest BCUT2D eigenvalue weighted by Crippen LogP contribution is 2.37. The Morgan fingerprint density at radius 2 is 2.16 bits per heavy atom. The molecule has 1 atom stereocenters. The van der Waals surface area contributed by atoms with Crippen LogP contribution >= 0.6 is 11.8 Å². The summed E-state index contributed by atoms with van der Waals surface area (Å²) >= 11 is 2.05. The van der Waals surface area contributed by atoms with Crippen LogP contribution in [0.3, 0.4) is 0 Å². The molecule has 2 rings (SSSR count). The number of anilines is 2. The number of nitrogens with one attached hydrogen (secondary N) is 1. The van der Waals surface area contributed by atoms with Gasteiger partial charge < -0.3 is 11.1 Å². The van der Waals surface area contributed by atoms with Crippen molar-refractivity contribution in [2.45, 2.75) is 51.2 Å². The molecular weight excluding hydrogens is 256 g/mol. The van der Waals surface area contributed by atoms with Gasteiger partial charge in [0, 0.05) is 22.8 Å². The molecule has 19 heavy (non-hydrogen) atoms. The van der Waals surface area contributed by atoms with E-state index >= 15 is 0 Å². The van der Waals surface area contributed by atoms with Crippen LogP contribution in [0.1, 0.15) is 50.9 Å². The van der Waals surface area contributed by atoms with Gasteiger partial charge in [-0.1, -0.05) is 13.8 Å². The summed E-state index contributed by atoms with van der Waals surface area (Å²) in [5.74, 6) is 3.85. The minimum absolute atomic E-state index is 0.292. The summed E-state index contributed by atoms with van der Waals surface area (Å²) in [4.78, 5) is 8.96. The highest BCUT2D eigenvalue weighted by molar-refractivity contribution is 8.00. The second-order valence-corrected chi connectivity index (χ2v) is 7.53. The van der Waals surface area contributed by atoms with Gasteiger partial charge in [-0.3, -0.25) is 0 Å². The molecule has 0 saturated carbocycles. The number of thioether (sulfide) groups is 1. The van der Waals surface area contributed by atoms with Gasteiger partial charge in [-0.25, -0.2) is 9.97 Å². The van der Waals surface area contributed by atoms with Crippen molar-refractivity contribution in [2.24, 2.45) is 0 Å². The van der Waals surface area contributed by atoms with Crippen molar-refractivity contribution in [2.75, 3.05) is 23.3 Å². The van der Waals surface area contributed by atoms with Gasteiger partial charge in [-0.15, -0.1) is 0 Å². The van der Waals surface area contributed by atoms with E-state index in [9.17, 15) is 0 Å². The summed E-state index contributed by atoms with van der Waals surface area (Å²) in [7, 11) is 0. The quantitative estimate of drug-likeness (QED) is 0.887.